The molecule has 5 rings (SSSR count). The predicted molar refractivity (Wildman–Crippen MR) is 126 cm³/mol. The Morgan fingerprint density at radius 3 is 1.45 bits per heavy atom. The molecule has 31 heavy (non-hydrogen) atoms. The summed E-state index contributed by atoms with van der Waals surface area (Å²) in [4.78, 5) is 0. The third-order valence-electron chi connectivity index (χ3n) is 6.46. The highest BCUT2D eigenvalue weighted by atomic mass is 16.5. The van der Waals surface area contributed by atoms with Gasteiger partial charge in [-0.25, -0.2) is 0 Å². The second-order valence-corrected chi connectivity index (χ2v) is 8.23. The lowest BCUT2D eigenvalue weighted by molar-refractivity contribution is 0.412. The summed E-state index contributed by atoms with van der Waals surface area (Å²) in [7, 11) is 3.45. The Balaban J connectivity index is 1.71. The van der Waals surface area contributed by atoms with Gasteiger partial charge in [-0.15, -0.1) is 0 Å². The fourth-order valence-corrected chi connectivity index (χ4v) is 5.12. The molecule has 2 nitrogen and oxygen atoms in total. The van der Waals surface area contributed by atoms with E-state index in [1.165, 1.54) is 33.4 Å². The van der Waals surface area contributed by atoms with Gasteiger partial charge in [0.15, 0.2) is 0 Å². The molecule has 4 aromatic carbocycles. The summed E-state index contributed by atoms with van der Waals surface area (Å²) in [5.74, 6) is 1.79. The van der Waals surface area contributed by atoms with Crippen LogP contribution in [0.15, 0.2) is 97.1 Å². The van der Waals surface area contributed by atoms with Crippen molar-refractivity contribution in [3.8, 4) is 22.6 Å². The monoisotopic (exact) mass is 406 g/mol. The van der Waals surface area contributed by atoms with E-state index in [2.05, 4.69) is 84.9 Å². The zero-order valence-corrected chi connectivity index (χ0v) is 18.0. The Bertz CT molecular complexity index is 1130. The minimum absolute atomic E-state index is 0.161. The smallest absolute Gasteiger partial charge is 0.119 e. The zero-order chi connectivity index (χ0) is 21.3. The molecular formula is C29H26O2. The lowest BCUT2D eigenvalue weighted by Gasteiger charge is -2.33. The first-order valence-corrected chi connectivity index (χ1v) is 10.7. The molecule has 1 aliphatic rings. The lowest BCUT2D eigenvalue weighted by atomic mass is 9.69. The molecule has 0 saturated heterocycles. The van der Waals surface area contributed by atoms with Gasteiger partial charge in [-0.05, 0) is 70.5 Å². The molecule has 0 spiro atoms. The van der Waals surface area contributed by atoms with E-state index in [0.717, 1.165) is 24.3 Å². The summed E-state index contributed by atoms with van der Waals surface area (Å²) in [5, 5.41) is 0. The van der Waals surface area contributed by atoms with Gasteiger partial charge in [0.25, 0.3) is 0 Å². The van der Waals surface area contributed by atoms with Gasteiger partial charge in [-0.2, -0.15) is 0 Å². The van der Waals surface area contributed by atoms with E-state index in [-0.39, 0.29) is 5.41 Å². The van der Waals surface area contributed by atoms with E-state index in [1.807, 2.05) is 12.1 Å². The van der Waals surface area contributed by atoms with Gasteiger partial charge < -0.3 is 9.47 Å². The van der Waals surface area contributed by atoms with Gasteiger partial charge in [0.1, 0.15) is 11.5 Å². The summed E-state index contributed by atoms with van der Waals surface area (Å²) < 4.78 is 11.0. The molecule has 0 amide bonds. The van der Waals surface area contributed by atoms with Crippen molar-refractivity contribution in [3.63, 3.8) is 0 Å². The van der Waals surface area contributed by atoms with Crippen molar-refractivity contribution >= 4 is 0 Å². The summed E-state index contributed by atoms with van der Waals surface area (Å²) in [6, 6.07) is 34.7. The molecule has 0 aliphatic heterocycles. The average Bonchev–Trinajstić information content (AvgIpc) is 3.09. The minimum Gasteiger partial charge on any atom is -0.497 e. The van der Waals surface area contributed by atoms with Crippen molar-refractivity contribution in [1.82, 2.24) is 0 Å². The molecule has 0 fully saturated rings. The Kier molecular flexibility index (Phi) is 4.99. The quantitative estimate of drug-likeness (QED) is 0.366. The van der Waals surface area contributed by atoms with Crippen LogP contribution in [-0.2, 0) is 18.3 Å². The van der Waals surface area contributed by atoms with Crippen LogP contribution in [0.3, 0.4) is 0 Å². The van der Waals surface area contributed by atoms with E-state index < -0.39 is 0 Å². The van der Waals surface area contributed by atoms with Crippen LogP contribution in [0.5, 0.6) is 11.5 Å². The summed E-state index contributed by atoms with van der Waals surface area (Å²) in [6.07, 6.45) is 1.80. The van der Waals surface area contributed by atoms with E-state index in [4.69, 9.17) is 9.47 Å². The van der Waals surface area contributed by atoms with Crippen molar-refractivity contribution in [2.24, 2.45) is 0 Å². The van der Waals surface area contributed by atoms with Crippen LogP contribution in [0, 0.1) is 0 Å². The summed E-state index contributed by atoms with van der Waals surface area (Å²) >= 11 is 0. The van der Waals surface area contributed by atoms with E-state index in [1.54, 1.807) is 14.2 Å². The second-order valence-electron chi connectivity index (χ2n) is 8.23. The highest BCUT2D eigenvalue weighted by Gasteiger charge is 2.43. The maximum absolute atomic E-state index is 5.52. The first kappa shape index (κ1) is 19.4. The Labute approximate surface area is 184 Å². The van der Waals surface area contributed by atoms with Crippen LogP contribution >= 0.6 is 0 Å². The molecule has 0 atom stereocenters. The molecule has 0 bridgehead atoms. The fraction of sp³-hybridized carbons (Fsp3) is 0.172. The van der Waals surface area contributed by atoms with Gasteiger partial charge in [0.05, 0.1) is 14.2 Å². The number of hydrogen-bond acceptors (Lipinski definition) is 2. The Hall–Kier alpha value is -3.52. The second kappa shape index (κ2) is 7.96. The largest absolute Gasteiger partial charge is 0.497 e. The SMILES string of the molecule is COc1cccc(CC2(Cc3cccc(OC)c3)c3ccccc3-c3ccccc32)c1. The van der Waals surface area contributed by atoms with Crippen LogP contribution in [-0.4, -0.2) is 14.2 Å². The normalized spacial score (nSPS) is 13.4. The third kappa shape index (κ3) is 3.38. The van der Waals surface area contributed by atoms with Crippen molar-refractivity contribution in [2.75, 3.05) is 14.2 Å². The zero-order valence-electron chi connectivity index (χ0n) is 18.0. The average molecular weight is 407 g/mol. The van der Waals surface area contributed by atoms with E-state index >= 15 is 0 Å². The number of fused-ring (bicyclic) bond motifs is 3. The van der Waals surface area contributed by atoms with Gasteiger partial charge in [-0.3, -0.25) is 0 Å². The fourth-order valence-electron chi connectivity index (χ4n) is 5.12. The van der Waals surface area contributed by atoms with Crippen molar-refractivity contribution in [2.45, 2.75) is 18.3 Å². The minimum atomic E-state index is -0.161. The number of methoxy groups -OCH3 is 2. The molecule has 0 N–H and O–H groups in total. The van der Waals surface area contributed by atoms with Gasteiger partial charge in [-0.1, -0.05) is 72.8 Å². The molecule has 0 aromatic heterocycles. The molecular weight excluding hydrogens is 380 g/mol. The molecule has 2 heteroatoms. The summed E-state index contributed by atoms with van der Waals surface area (Å²) in [6.45, 7) is 0. The molecule has 0 saturated carbocycles. The topological polar surface area (TPSA) is 18.5 Å². The van der Waals surface area contributed by atoms with Crippen molar-refractivity contribution < 1.29 is 9.47 Å². The van der Waals surface area contributed by atoms with Crippen LogP contribution in [0.4, 0.5) is 0 Å². The maximum Gasteiger partial charge on any atom is 0.119 e. The van der Waals surface area contributed by atoms with Gasteiger partial charge in [0, 0.05) is 5.41 Å². The van der Waals surface area contributed by atoms with Crippen molar-refractivity contribution in [1.29, 1.82) is 0 Å². The number of benzene rings is 4. The standard InChI is InChI=1S/C29H26O2/c1-30-23-11-7-9-21(17-23)19-29(20-22-10-8-12-24(18-22)31-2)27-15-5-3-13-25(27)26-14-4-6-16-28(26)29/h3-18H,19-20H2,1-2H3. The first-order valence-electron chi connectivity index (χ1n) is 10.7. The molecule has 0 heterocycles. The highest BCUT2D eigenvalue weighted by molar-refractivity contribution is 5.81. The highest BCUT2D eigenvalue weighted by Crippen LogP contribution is 2.52. The number of ether oxygens (including phenoxy) is 2. The Morgan fingerprint density at radius 2 is 1.00 bits per heavy atom. The number of hydrogen-bond donors (Lipinski definition) is 0. The summed E-state index contributed by atoms with van der Waals surface area (Å²) in [5.41, 5.74) is 7.84. The van der Waals surface area contributed by atoms with Crippen LogP contribution < -0.4 is 9.47 Å². The molecule has 154 valence electrons. The molecule has 4 aromatic rings. The molecule has 1 aliphatic carbocycles. The lowest BCUT2D eigenvalue weighted by Crippen LogP contribution is -2.31. The van der Waals surface area contributed by atoms with E-state index in [0.29, 0.717) is 0 Å². The predicted octanol–water partition coefficient (Wildman–Crippen LogP) is 6.46. The van der Waals surface area contributed by atoms with Gasteiger partial charge >= 0.3 is 0 Å². The first-order chi connectivity index (χ1) is 15.2. The van der Waals surface area contributed by atoms with Crippen molar-refractivity contribution in [3.05, 3.63) is 119 Å². The molecule has 0 unspecified atom stereocenters. The van der Waals surface area contributed by atoms with E-state index in [9.17, 15) is 0 Å². The van der Waals surface area contributed by atoms with Gasteiger partial charge in [0.2, 0.25) is 0 Å². The third-order valence-corrected chi connectivity index (χ3v) is 6.46. The van der Waals surface area contributed by atoms with Crippen LogP contribution in [0.1, 0.15) is 22.3 Å². The molecule has 0 radical (unpaired) electrons. The Morgan fingerprint density at radius 1 is 0.548 bits per heavy atom. The van der Waals surface area contributed by atoms with Crippen LogP contribution in [0.25, 0.3) is 11.1 Å². The van der Waals surface area contributed by atoms with Crippen LogP contribution in [0.2, 0.25) is 0 Å². The number of rotatable bonds is 6. The maximum atomic E-state index is 5.52.